The van der Waals surface area contributed by atoms with Gasteiger partial charge in [0.15, 0.2) is 11.5 Å². The van der Waals surface area contributed by atoms with Gasteiger partial charge in [0.25, 0.3) is 11.8 Å². The summed E-state index contributed by atoms with van der Waals surface area (Å²) in [6.07, 6.45) is 4.50. The fraction of sp³-hybridized carbons (Fsp3) is 0.308. The van der Waals surface area contributed by atoms with Crippen molar-refractivity contribution in [3.05, 3.63) is 125 Å². The predicted octanol–water partition coefficient (Wildman–Crippen LogP) is 4.73. The van der Waals surface area contributed by atoms with Gasteiger partial charge < -0.3 is 19.6 Å². The molecule has 1 unspecified atom stereocenters. The van der Waals surface area contributed by atoms with E-state index in [1.807, 2.05) is 51.1 Å². The third-order valence-electron chi connectivity index (χ3n) is 8.59. The van der Waals surface area contributed by atoms with E-state index in [-0.39, 0.29) is 28.7 Å². The first-order valence-corrected chi connectivity index (χ1v) is 16.0. The predicted molar refractivity (Wildman–Crippen MR) is 183 cm³/mol. The first-order valence-electron chi connectivity index (χ1n) is 16.0. The molecule has 11 heteroatoms. The van der Waals surface area contributed by atoms with Crippen LogP contribution in [0.2, 0.25) is 0 Å². The Bertz CT molecular complexity index is 1980. The number of hydrogen-bond donors (Lipinski definition) is 1. The minimum atomic E-state index is -0.671. The summed E-state index contributed by atoms with van der Waals surface area (Å²) in [5.74, 6) is 9.85. The maximum absolute atomic E-state index is 14.3. The van der Waals surface area contributed by atoms with Gasteiger partial charge in [-0.05, 0) is 49.7 Å². The van der Waals surface area contributed by atoms with Gasteiger partial charge in [-0.15, -0.1) is 0 Å². The minimum absolute atomic E-state index is 0.105. The van der Waals surface area contributed by atoms with E-state index in [0.29, 0.717) is 49.4 Å². The van der Waals surface area contributed by atoms with Crippen LogP contribution < -0.4 is 0 Å². The van der Waals surface area contributed by atoms with Gasteiger partial charge in [0.1, 0.15) is 5.82 Å². The molecule has 1 atom stereocenters. The number of likely N-dealkylation sites (tertiary alicyclic amines) is 1. The molecule has 9 nitrogen and oxygen atoms in total. The molecule has 2 saturated heterocycles. The second-order valence-corrected chi connectivity index (χ2v) is 13.1. The molecule has 50 heavy (non-hydrogen) atoms. The highest BCUT2D eigenvalue weighted by molar-refractivity contribution is 5.93. The number of piperidine rings is 1. The zero-order valence-corrected chi connectivity index (χ0v) is 28.3. The van der Waals surface area contributed by atoms with E-state index in [0.717, 1.165) is 5.56 Å². The number of rotatable bonds is 3. The standard InChI is InChI=1S/C20H20FN3O2.C19H17FN2O2/c1-20(2)13-24(9-8-17(20)25)19(26)18-22-11-15(12-23-18)7-6-14-4-3-5-16(21)10-14;1-19(12-24-13-19)22(2)18(23)17-16(20)10-15(11-21-17)9-8-14-6-4-3-5-7-14/h3-5,10-12,17,25H,8-9,13H2,1-2H3;3-7,10-11H,12-13H2,1-2H3. The number of benzene rings is 2. The molecule has 1 N–H and O–H groups in total. The number of amides is 2. The molecule has 2 amide bonds. The van der Waals surface area contributed by atoms with E-state index in [1.54, 1.807) is 24.1 Å². The molecule has 0 aliphatic carbocycles. The lowest BCUT2D eigenvalue weighted by Crippen LogP contribution is -2.60. The van der Waals surface area contributed by atoms with Crippen molar-refractivity contribution in [3.8, 4) is 23.7 Å². The Hall–Kier alpha value is -5.49. The number of aromatic nitrogens is 3. The van der Waals surface area contributed by atoms with Crippen LogP contribution in [-0.2, 0) is 4.74 Å². The number of pyridine rings is 1. The number of ether oxygens (including phenoxy) is 1. The van der Waals surface area contributed by atoms with Gasteiger partial charge in [-0.25, -0.2) is 23.7 Å². The van der Waals surface area contributed by atoms with Crippen LogP contribution in [0.1, 0.15) is 70.6 Å². The SMILES string of the molecule is CC1(C)CN(C(=O)c2ncc(C#Cc3cccc(F)c3)cn2)CCC1O.CN(C(=O)c1ncc(C#Cc2ccccc2)cc1F)C1(C)COC1. The van der Waals surface area contributed by atoms with Gasteiger partial charge in [0.05, 0.1) is 30.4 Å². The van der Waals surface area contributed by atoms with Gasteiger partial charge in [-0.1, -0.05) is 61.8 Å². The lowest BCUT2D eigenvalue weighted by molar-refractivity contribution is -0.108. The quantitative estimate of drug-likeness (QED) is 0.313. The molecule has 2 aliphatic heterocycles. The number of carbonyl (C=O) groups excluding carboxylic acids is 2. The molecule has 256 valence electrons. The third kappa shape index (κ3) is 8.75. The smallest absolute Gasteiger partial charge is 0.291 e. The van der Waals surface area contributed by atoms with Crippen LogP contribution in [0.15, 0.2) is 79.3 Å². The molecule has 6 rings (SSSR count). The molecule has 2 aromatic carbocycles. The van der Waals surface area contributed by atoms with Crippen molar-refractivity contribution in [3.63, 3.8) is 0 Å². The zero-order chi connectivity index (χ0) is 35.9. The van der Waals surface area contributed by atoms with Crippen molar-refractivity contribution >= 4 is 11.8 Å². The number of carbonyl (C=O) groups is 2. The zero-order valence-electron chi connectivity index (χ0n) is 28.3. The van der Waals surface area contributed by atoms with E-state index in [1.165, 1.54) is 41.7 Å². The Morgan fingerprint density at radius 3 is 2.10 bits per heavy atom. The molecule has 0 bridgehead atoms. The topological polar surface area (TPSA) is 109 Å². The van der Waals surface area contributed by atoms with Crippen molar-refractivity contribution in [1.82, 2.24) is 24.8 Å². The molecular formula is C39H37F2N5O4. The lowest BCUT2D eigenvalue weighted by atomic mass is 9.81. The Morgan fingerprint density at radius 2 is 1.48 bits per heavy atom. The lowest BCUT2D eigenvalue weighted by Gasteiger charge is -2.45. The van der Waals surface area contributed by atoms with Crippen molar-refractivity contribution < 1.29 is 28.2 Å². The normalized spacial score (nSPS) is 16.9. The molecule has 0 saturated carbocycles. The van der Waals surface area contributed by atoms with Crippen LogP contribution in [0.4, 0.5) is 8.78 Å². The molecule has 2 aliphatic rings. The summed E-state index contributed by atoms with van der Waals surface area (Å²) < 4.78 is 32.6. The third-order valence-corrected chi connectivity index (χ3v) is 8.59. The Balaban J connectivity index is 0.000000195. The molecule has 2 fully saturated rings. The van der Waals surface area contributed by atoms with Crippen molar-refractivity contribution in [2.45, 2.75) is 38.8 Å². The fourth-order valence-electron chi connectivity index (χ4n) is 5.20. The second-order valence-electron chi connectivity index (χ2n) is 13.1. The highest BCUT2D eigenvalue weighted by Gasteiger charge is 2.41. The molecule has 4 heterocycles. The van der Waals surface area contributed by atoms with Crippen LogP contribution in [0.25, 0.3) is 0 Å². The van der Waals surface area contributed by atoms with Crippen LogP contribution in [0.3, 0.4) is 0 Å². The fourth-order valence-corrected chi connectivity index (χ4v) is 5.20. The van der Waals surface area contributed by atoms with Crippen LogP contribution >= 0.6 is 0 Å². The van der Waals surface area contributed by atoms with E-state index in [9.17, 15) is 23.5 Å². The first-order chi connectivity index (χ1) is 23.8. The van der Waals surface area contributed by atoms with Crippen molar-refractivity contribution in [2.75, 3.05) is 33.4 Å². The average Bonchev–Trinajstić information content (AvgIpc) is 3.10. The van der Waals surface area contributed by atoms with E-state index in [2.05, 4.69) is 38.6 Å². The van der Waals surface area contributed by atoms with Crippen LogP contribution in [0.5, 0.6) is 0 Å². The van der Waals surface area contributed by atoms with Gasteiger partial charge in [-0.3, -0.25) is 9.59 Å². The maximum Gasteiger partial charge on any atom is 0.291 e. The van der Waals surface area contributed by atoms with Gasteiger partial charge in [0, 0.05) is 60.8 Å². The first kappa shape index (κ1) is 35.8. The molecule has 4 aromatic rings. The summed E-state index contributed by atoms with van der Waals surface area (Å²) in [5, 5.41) is 10.0. The number of nitrogens with zero attached hydrogens (tertiary/aromatic N) is 5. The maximum atomic E-state index is 14.3. The number of aliphatic hydroxyl groups excluding tert-OH is 1. The summed E-state index contributed by atoms with van der Waals surface area (Å²) in [5.41, 5.74) is 1.39. The number of aliphatic hydroxyl groups is 1. The summed E-state index contributed by atoms with van der Waals surface area (Å²) >= 11 is 0. The summed E-state index contributed by atoms with van der Waals surface area (Å²) in [6.45, 7) is 7.58. The van der Waals surface area contributed by atoms with Gasteiger partial charge >= 0.3 is 0 Å². The largest absolute Gasteiger partial charge is 0.392 e. The second kappa shape index (κ2) is 15.4. The monoisotopic (exact) mass is 677 g/mol. The Kier molecular flexibility index (Phi) is 11.0. The number of likely N-dealkylation sites (N-methyl/N-ethyl adjacent to an activating group) is 1. The highest BCUT2D eigenvalue weighted by Crippen LogP contribution is 2.29. The van der Waals surface area contributed by atoms with Crippen LogP contribution in [-0.4, -0.2) is 86.7 Å². The van der Waals surface area contributed by atoms with Crippen LogP contribution in [0, 0.1) is 40.7 Å². The molecule has 2 aromatic heterocycles. The van der Waals surface area contributed by atoms with E-state index >= 15 is 0 Å². The average molecular weight is 678 g/mol. The van der Waals surface area contributed by atoms with E-state index in [4.69, 9.17) is 4.74 Å². The molecule has 0 radical (unpaired) electrons. The minimum Gasteiger partial charge on any atom is -0.392 e. The number of halogens is 2. The van der Waals surface area contributed by atoms with Crippen molar-refractivity contribution in [2.24, 2.45) is 5.41 Å². The van der Waals surface area contributed by atoms with Crippen molar-refractivity contribution in [1.29, 1.82) is 0 Å². The highest BCUT2D eigenvalue weighted by atomic mass is 19.1. The van der Waals surface area contributed by atoms with Gasteiger partial charge in [0.2, 0.25) is 5.82 Å². The van der Waals surface area contributed by atoms with E-state index < -0.39 is 23.4 Å². The summed E-state index contributed by atoms with van der Waals surface area (Å²) in [7, 11) is 1.63. The Morgan fingerprint density at radius 1 is 0.860 bits per heavy atom. The summed E-state index contributed by atoms with van der Waals surface area (Å²) in [4.78, 5) is 40.3. The molecular weight excluding hydrogens is 640 g/mol. The number of hydrogen-bond acceptors (Lipinski definition) is 7. The molecule has 0 spiro atoms. The van der Waals surface area contributed by atoms with Gasteiger partial charge in [-0.2, -0.15) is 0 Å². The summed E-state index contributed by atoms with van der Waals surface area (Å²) in [6, 6.07) is 16.6. The Labute approximate surface area is 290 Å².